The first kappa shape index (κ1) is 16.1. The predicted octanol–water partition coefficient (Wildman–Crippen LogP) is 8.07. The standard InChI is InChI=1S/C28H18O/c1-3-11-19(12-4-1)27-25-23-17-9-7-15-21(23)22-16-8-10-18-24(22)26(25)28(29-27)20-13-5-2-6-14-20/h1-18H. The van der Waals surface area contributed by atoms with Crippen LogP contribution in [0.25, 0.3) is 55.0 Å². The molecule has 1 aromatic heterocycles. The maximum absolute atomic E-state index is 6.65. The molecule has 0 N–H and O–H groups in total. The van der Waals surface area contributed by atoms with Gasteiger partial charge in [0.05, 0.1) is 0 Å². The average molecular weight is 370 g/mol. The fourth-order valence-corrected chi connectivity index (χ4v) is 4.40. The van der Waals surface area contributed by atoms with E-state index in [1.54, 1.807) is 0 Å². The highest BCUT2D eigenvalue weighted by atomic mass is 16.3. The lowest BCUT2D eigenvalue weighted by molar-refractivity contribution is 0.602. The molecule has 29 heavy (non-hydrogen) atoms. The number of furan rings is 1. The van der Waals surface area contributed by atoms with Crippen LogP contribution in [0.4, 0.5) is 0 Å². The molecule has 0 fully saturated rings. The molecule has 0 bridgehead atoms. The van der Waals surface area contributed by atoms with Gasteiger partial charge in [0.1, 0.15) is 11.5 Å². The molecule has 136 valence electrons. The van der Waals surface area contributed by atoms with Crippen LogP contribution in [-0.2, 0) is 0 Å². The lowest BCUT2D eigenvalue weighted by Gasteiger charge is -2.08. The first-order chi connectivity index (χ1) is 14.4. The summed E-state index contributed by atoms with van der Waals surface area (Å²) in [6.07, 6.45) is 0. The van der Waals surface area contributed by atoms with Crippen molar-refractivity contribution < 1.29 is 4.42 Å². The van der Waals surface area contributed by atoms with Gasteiger partial charge in [-0.1, -0.05) is 109 Å². The van der Waals surface area contributed by atoms with Gasteiger partial charge in [-0.15, -0.1) is 0 Å². The number of hydrogen-bond donors (Lipinski definition) is 0. The molecule has 0 aliphatic heterocycles. The van der Waals surface area contributed by atoms with Crippen LogP contribution >= 0.6 is 0 Å². The molecule has 0 radical (unpaired) electrons. The van der Waals surface area contributed by atoms with Gasteiger partial charge in [0.2, 0.25) is 0 Å². The number of fused-ring (bicyclic) bond motifs is 6. The average Bonchev–Trinajstić information content (AvgIpc) is 3.22. The molecular formula is C28H18O. The summed E-state index contributed by atoms with van der Waals surface area (Å²) in [5, 5.41) is 7.34. The SMILES string of the molecule is c1ccc(-c2oc(-c3ccccc3)c3c4ccccc4c4ccccc4c23)cc1. The molecule has 0 aliphatic carbocycles. The van der Waals surface area contributed by atoms with Crippen LogP contribution in [0, 0.1) is 0 Å². The van der Waals surface area contributed by atoms with Gasteiger partial charge in [-0.2, -0.15) is 0 Å². The van der Waals surface area contributed by atoms with Gasteiger partial charge in [-0.05, 0) is 21.5 Å². The minimum Gasteiger partial charge on any atom is -0.455 e. The van der Waals surface area contributed by atoms with Crippen molar-refractivity contribution in [1.82, 2.24) is 0 Å². The molecule has 0 saturated carbocycles. The third-order valence-corrected chi connectivity index (χ3v) is 5.66. The largest absolute Gasteiger partial charge is 0.455 e. The van der Waals surface area contributed by atoms with Crippen molar-refractivity contribution in [2.45, 2.75) is 0 Å². The van der Waals surface area contributed by atoms with Gasteiger partial charge < -0.3 is 4.42 Å². The number of benzene rings is 5. The minimum atomic E-state index is 0.932. The maximum atomic E-state index is 6.65. The summed E-state index contributed by atoms with van der Waals surface area (Å²) in [5.74, 6) is 1.86. The Labute approximate surface area is 168 Å². The van der Waals surface area contributed by atoms with E-state index in [0.29, 0.717) is 0 Å². The predicted molar refractivity (Wildman–Crippen MR) is 122 cm³/mol. The first-order valence-electron chi connectivity index (χ1n) is 9.88. The second-order valence-corrected chi connectivity index (χ2v) is 7.33. The molecule has 6 rings (SSSR count). The van der Waals surface area contributed by atoms with Crippen molar-refractivity contribution in [3.8, 4) is 22.6 Å². The van der Waals surface area contributed by atoms with Crippen LogP contribution in [0.2, 0.25) is 0 Å². The van der Waals surface area contributed by atoms with Gasteiger partial charge in [0.25, 0.3) is 0 Å². The van der Waals surface area contributed by atoms with E-state index in [1.807, 2.05) is 12.1 Å². The van der Waals surface area contributed by atoms with E-state index in [4.69, 9.17) is 4.42 Å². The fourth-order valence-electron chi connectivity index (χ4n) is 4.40. The number of rotatable bonds is 2. The van der Waals surface area contributed by atoms with Crippen molar-refractivity contribution in [2.24, 2.45) is 0 Å². The second-order valence-electron chi connectivity index (χ2n) is 7.33. The summed E-state index contributed by atoms with van der Waals surface area (Å²) < 4.78 is 6.65. The molecule has 1 heterocycles. The lowest BCUT2D eigenvalue weighted by Crippen LogP contribution is -1.83. The molecule has 0 aliphatic rings. The third kappa shape index (κ3) is 2.41. The topological polar surface area (TPSA) is 13.1 Å². The summed E-state index contributed by atoms with van der Waals surface area (Å²) in [4.78, 5) is 0. The van der Waals surface area contributed by atoms with Crippen LogP contribution < -0.4 is 0 Å². The summed E-state index contributed by atoms with van der Waals surface area (Å²) in [7, 11) is 0. The molecule has 1 nitrogen and oxygen atoms in total. The Kier molecular flexibility index (Phi) is 3.54. The quantitative estimate of drug-likeness (QED) is 0.281. The summed E-state index contributed by atoms with van der Waals surface area (Å²) in [6.45, 7) is 0. The Bertz CT molecular complexity index is 1360. The van der Waals surface area contributed by atoms with Crippen LogP contribution in [0.15, 0.2) is 114 Å². The van der Waals surface area contributed by atoms with Gasteiger partial charge in [0.15, 0.2) is 0 Å². The molecule has 0 amide bonds. The van der Waals surface area contributed by atoms with Crippen LogP contribution in [0.5, 0.6) is 0 Å². The molecule has 6 aromatic rings. The molecule has 0 atom stereocenters. The van der Waals surface area contributed by atoms with E-state index >= 15 is 0 Å². The number of hydrogen-bond acceptors (Lipinski definition) is 1. The van der Waals surface area contributed by atoms with E-state index in [9.17, 15) is 0 Å². The van der Waals surface area contributed by atoms with Crippen molar-refractivity contribution in [2.75, 3.05) is 0 Å². The van der Waals surface area contributed by atoms with E-state index in [2.05, 4.69) is 97.1 Å². The van der Waals surface area contributed by atoms with E-state index in [1.165, 1.54) is 32.3 Å². The summed E-state index contributed by atoms with van der Waals surface area (Å²) in [5.41, 5.74) is 2.19. The molecule has 0 saturated heterocycles. The zero-order valence-corrected chi connectivity index (χ0v) is 15.8. The highest BCUT2D eigenvalue weighted by Crippen LogP contribution is 2.46. The van der Waals surface area contributed by atoms with Crippen molar-refractivity contribution in [3.05, 3.63) is 109 Å². The van der Waals surface area contributed by atoms with Crippen molar-refractivity contribution in [1.29, 1.82) is 0 Å². The van der Waals surface area contributed by atoms with Crippen LogP contribution in [-0.4, -0.2) is 0 Å². The van der Waals surface area contributed by atoms with E-state index in [-0.39, 0.29) is 0 Å². The second kappa shape index (κ2) is 6.35. The molecular weight excluding hydrogens is 352 g/mol. The zero-order chi connectivity index (χ0) is 19.2. The van der Waals surface area contributed by atoms with Crippen molar-refractivity contribution >= 4 is 32.3 Å². The van der Waals surface area contributed by atoms with Gasteiger partial charge in [-0.25, -0.2) is 0 Å². The minimum absolute atomic E-state index is 0.932. The Hall–Kier alpha value is -3.84. The monoisotopic (exact) mass is 370 g/mol. The van der Waals surface area contributed by atoms with Gasteiger partial charge >= 0.3 is 0 Å². The molecule has 5 aromatic carbocycles. The summed E-state index contributed by atoms with van der Waals surface area (Å²) >= 11 is 0. The molecule has 0 spiro atoms. The van der Waals surface area contributed by atoms with E-state index < -0.39 is 0 Å². The molecule has 0 unspecified atom stereocenters. The van der Waals surface area contributed by atoms with Gasteiger partial charge in [0, 0.05) is 21.9 Å². The highest BCUT2D eigenvalue weighted by molar-refractivity contribution is 6.30. The van der Waals surface area contributed by atoms with Crippen LogP contribution in [0.1, 0.15) is 0 Å². The Morgan fingerprint density at radius 1 is 0.345 bits per heavy atom. The van der Waals surface area contributed by atoms with Crippen molar-refractivity contribution in [3.63, 3.8) is 0 Å². The van der Waals surface area contributed by atoms with Crippen LogP contribution in [0.3, 0.4) is 0 Å². The zero-order valence-electron chi connectivity index (χ0n) is 15.8. The summed E-state index contributed by atoms with van der Waals surface area (Å²) in [6, 6.07) is 38.1. The Morgan fingerprint density at radius 3 is 1.10 bits per heavy atom. The highest BCUT2D eigenvalue weighted by Gasteiger charge is 2.21. The first-order valence-corrected chi connectivity index (χ1v) is 9.88. The Morgan fingerprint density at radius 2 is 0.690 bits per heavy atom. The Balaban J connectivity index is 1.90. The normalized spacial score (nSPS) is 11.4. The lowest BCUT2D eigenvalue weighted by atomic mass is 9.92. The van der Waals surface area contributed by atoms with Gasteiger partial charge in [-0.3, -0.25) is 0 Å². The third-order valence-electron chi connectivity index (χ3n) is 5.66. The fraction of sp³-hybridized carbons (Fsp3) is 0. The smallest absolute Gasteiger partial charge is 0.143 e. The maximum Gasteiger partial charge on any atom is 0.143 e. The molecule has 1 heteroatoms. The van der Waals surface area contributed by atoms with E-state index in [0.717, 1.165) is 22.6 Å².